The van der Waals surface area contributed by atoms with E-state index >= 15 is 0 Å². The highest BCUT2D eigenvalue weighted by molar-refractivity contribution is 5.85. The van der Waals surface area contributed by atoms with Gasteiger partial charge in [0.1, 0.15) is 18.1 Å². The summed E-state index contributed by atoms with van der Waals surface area (Å²) in [6.07, 6.45) is -5.36. The van der Waals surface area contributed by atoms with Crippen LogP contribution in [0.2, 0.25) is 0 Å². The van der Waals surface area contributed by atoms with Crippen molar-refractivity contribution in [1.82, 2.24) is 5.32 Å². The second-order valence-electron chi connectivity index (χ2n) is 5.59. The molecule has 0 spiro atoms. The second kappa shape index (κ2) is 6.74. The van der Waals surface area contributed by atoms with E-state index in [0.717, 1.165) is 6.07 Å². The molecule has 1 N–H and O–H groups in total. The lowest BCUT2D eigenvalue weighted by atomic mass is 9.80. The molecule has 0 saturated carbocycles. The molecule has 0 aliphatic carbocycles. The van der Waals surface area contributed by atoms with E-state index in [1.54, 1.807) is 0 Å². The highest BCUT2D eigenvalue weighted by Gasteiger charge is 2.39. The average Bonchev–Trinajstić information content (AvgIpc) is 2.40. The largest absolute Gasteiger partial charge is 0.573 e. The molecule has 0 aromatic heterocycles. The molecule has 1 aromatic rings. The average molecular weight is 356 g/mol. The molecule has 130 valence electrons. The first-order chi connectivity index (χ1) is 10.1. The smallest absolute Gasteiger partial charge is 0.496 e. The number of nitrogens with one attached hydrogen (secondary N) is 1. The van der Waals surface area contributed by atoms with Crippen molar-refractivity contribution in [3.63, 3.8) is 0 Å². The Morgan fingerprint density at radius 3 is 2.57 bits per heavy atom. The van der Waals surface area contributed by atoms with Gasteiger partial charge in [-0.2, -0.15) is 0 Å². The molecule has 0 bridgehead atoms. The van der Waals surface area contributed by atoms with Crippen LogP contribution in [0.15, 0.2) is 18.2 Å². The molecular formula is C14H17ClF3NO4. The zero-order valence-corrected chi connectivity index (χ0v) is 13.5. The summed E-state index contributed by atoms with van der Waals surface area (Å²) in [7, 11) is 1.34. The van der Waals surface area contributed by atoms with E-state index in [9.17, 15) is 18.0 Å². The maximum Gasteiger partial charge on any atom is 0.573 e. The van der Waals surface area contributed by atoms with Crippen molar-refractivity contribution >= 4 is 18.5 Å². The van der Waals surface area contributed by atoms with E-state index in [-0.39, 0.29) is 30.5 Å². The Morgan fingerprint density at radius 1 is 1.35 bits per heavy atom. The predicted octanol–water partition coefficient (Wildman–Crippen LogP) is 3.82. The highest BCUT2D eigenvalue weighted by atomic mass is 35.5. The van der Waals surface area contributed by atoms with Crippen molar-refractivity contribution in [2.45, 2.75) is 26.3 Å². The van der Waals surface area contributed by atoms with Crippen molar-refractivity contribution in [2.24, 2.45) is 5.41 Å². The fourth-order valence-corrected chi connectivity index (χ4v) is 2.32. The van der Waals surface area contributed by atoms with Gasteiger partial charge >= 0.3 is 12.5 Å². The minimum atomic E-state index is -4.78. The maximum absolute atomic E-state index is 12.3. The Bertz CT molecular complexity index is 578. The first-order valence-electron chi connectivity index (χ1n) is 6.49. The van der Waals surface area contributed by atoms with Gasteiger partial charge in [-0.25, -0.2) is 4.79 Å². The Balaban J connectivity index is 0.00000264. The van der Waals surface area contributed by atoms with Crippen molar-refractivity contribution < 1.29 is 32.2 Å². The van der Waals surface area contributed by atoms with Crippen LogP contribution in [-0.4, -0.2) is 26.2 Å². The number of carbonyl (C=O) groups is 1. The summed E-state index contributed by atoms with van der Waals surface area (Å²) in [6.45, 7) is 3.93. The van der Waals surface area contributed by atoms with E-state index in [1.807, 2.05) is 13.8 Å². The quantitative estimate of drug-likeness (QED) is 0.895. The van der Waals surface area contributed by atoms with Crippen molar-refractivity contribution in [3.05, 3.63) is 23.8 Å². The van der Waals surface area contributed by atoms with E-state index in [0.29, 0.717) is 5.56 Å². The summed E-state index contributed by atoms with van der Waals surface area (Å²) in [6, 6.07) is 3.31. The third kappa shape index (κ3) is 4.57. The fraction of sp³-hybridized carbons (Fsp3) is 0.500. The Kier molecular flexibility index (Phi) is 5.63. The van der Waals surface area contributed by atoms with Crippen molar-refractivity contribution in [3.8, 4) is 11.5 Å². The molecule has 0 radical (unpaired) electrons. The van der Waals surface area contributed by atoms with Crippen LogP contribution < -0.4 is 14.8 Å². The lowest BCUT2D eigenvalue weighted by Crippen LogP contribution is -2.47. The Hall–Kier alpha value is -1.83. The number of hydrogen-bond acceptors (Lipinski definition) is 4. The van der Waals surface area contributed by atoms with Gasteiger partial charge in [0.25, 0.3) is 0 Å². The van der Waals surface area contributed by atoms with E-state index in [4.69, 9.17) is 9.47 Å². The molecule has 23 heavy (non-hydrogen) atoms. The van der Waals surface area contributed by atoms with Crippen LogP contribution in [0.1, 0.15) is 25.5 Å². The molecule has 1 aromatic carbocycles. The van der Waals surface area contributed by atoms with Gasteiger partial charge in [0.05, 0.1) is 13.2 Å². The van der Waals surface area contributed by atoms with Crippen LogP contribution in [0.4, 0.5) is 18.0 Å². The fourth-order valence-electron chi connectivity index (χ4n) is 2.32. The number of rotatable bonds is 3. The number of ether oxygens (including phenoxy) is 3. The van der Waals surface area contributed by atoms with Crippen LogP contribution in [0, 0.1) is 5.41 Å². The number of halogens is 4. The normalized spacial score (nSPS) is 19.9. The number of alkyl halides is 3. The SMILES string of the molecule is COc1cc(OC(F)(F)F)ccc1[C@H]1NC(=O)OCC1(C)C.Cl. The lowest BCUT2D eigenvalue weighted by molar-refractivity contribution is -0.274. The molecule has 1 aliphatic heterocycles. The van der Waals surface area contributed by atoms with Gasteiger partial charge in [0.15, 0.2) is 0 Å². The van der Waals surface area contributed by atoms with Gasteiger partial charge in [-0.15, -0.1) is 25.6 Å². The summed E-state index contributed by atoms with van der Waals surface area (Å²) < 4.78 is 50.8. The monoisotopic (exact) mass is 355 g/mol. The number of amides is 1. The highest BCUT2D eigenvalue weighted by Crippen LogP contribution is 2.41. The van der Waals surface area contributed by atoms with Crippen LogP contribution >= 0.6 is 12.4 Å². The minimum Gasteiger partial charge on any atom is -0.496 e. The molecule has 1 amide bonds. The molecular weight excluding hydrogens is 339 g/mol. The van der Waals surface area contributed by atoms with E-state index < -0.39 is 23.9 Å². The van der Waals surface area contributed by atoms with Gasteiger partial charge < -0.3 is 19.5 Å². The zero-order valence-electron chi connectivity index (χ0n) is 12.7. The van der Waals surface area contributed by atoms with Crippen LogP contribution in [0.3, 0.4) is 0 Å². The summed E-state index contributed by atoms with van der Waals surface area (Å²) >= 11 is 0. The third-order valence-corrected chi connectivity index (χ3v) is 3.37. The molecule has 0 unspecified atom stereocenters. The summed E-state index contributed by atoms with van der Waals surface area (Å²) in [5.74, 6) is -0.189. The maximum atomic E-state index is 12.3. The molecule has 5 nitrogen and oxygen atoms in total. The number of alkyl carbamates (subject to hydrolysis) is 1. The lowest BCUT2D eigenvalue weighted by Gasteiger charge is -2.39. The van der Waals surface area contributed by atoms with E-state index in [1.165, 1.54) is 19.2 Å². The predicted molar refractivity (Wildman–Crippen MR) is 77.9 cm³/mol. The van der Waals surface area contributed by atoms with Gasteiger partial charge in [-0.3, -0.25) is 0 Å². The number of cyclic esters (lactones) is 1. The zero-order chi connectivity index (χ0) is 16.5. The van der Waals surface area contributed by atoms with Crippen molar-refractivity contribution in [1.29, 1.82) is 0 Å². The van der Waals surface area contributed by atoms with Crippen LogP contribution in [0.5, 0.6) is 11.5 Å². The summed E-state index contributed by atoms with van der Waals surface area (Å²) in [4.78, 5) is 11.4. The molecule has 1 saturated heterocycles. The molecule has 1 atom stereocenters. The number of hydrogen-bond donors (Lipinski definition) is 1. The second-order valence-corrected chi connectivity index (χ2v) is 5.59. The first kappa shape index (κ1) is 19.2. The summed E-state index contributed by atoms with van der Waals surface area (Å²) in [5, 5.41) is 2.66. The molecule has 1 fully saturated rings. The topological polar surface area (TPSA) is 56.8 Å². The summed E-state index contributed by atoms with van der Waals surface area (Å²) in [5.41, 5.74) is 0.104. The van der Waals surface area contributed by atoms with Gasteiger partial charge in [0, 0.05) is 17.0 Å². The Morgan fingerprint density at radius 2 is 2.00 bits per heavy atom. The van der Waals surface area contributed by atoms with Gasteiger partial charge in [-0.1, -0.05) is 13.8 Å². The van der Waals surface area contributed by atoms with Crippen molar-refractivity contribution in [2.75, 3.05) is 13.7 Å². The van der Waals surface area contributed by atoms with Crippen LogP contribution in [0.25, 0.3) is 0 Å². The van der Waals surface area contributed by atoms with Gasteiger partial charge in [-0.05, 0) is 12.1 Å². The first-order valence-corrected chi connectivity index (χ1v) is 6.49. The Labute approximate surface area is 137 Å². The van der Waals surface area contributed by atoms with Crippen LogP contribution in [-0.2, 0) is 4.74 Å². The standard InChI is InChI=1S/C14H16F3NO4.ClH/c1-13(2)7-21-12(19)18-11(13)9-5-4-8(6-10(9)20-3)22-14(15,16)17;/h4-6,11H,7H2,1-3H3,(H,18,19);1H/t11-;/m1./s1. The third-order valence-electron chi connectivity index (χ3n) is 3.37. The molecule has 1 aliphatic rings. The number of methoxy groups -OCH3 is 1. The van der Waals surface area contributed by atoms with E-state index in [2.05, 4.69) is 10.1 Å². The number of benzene rings is 1. The molecule has 2 rings (SSSR count). The molecule has 9 heteroatoms. The molecule has 1 heterocycles. The number of carbonyl (C=O) groups excluding carboxylic acids is 1. The van der Waals surface area contributed by atoms with Gasteiger partial charge in [0.2, 0.25) is 0 Å². The minimum absolute atomic E-state index is 0.